The van der Waals surface area contributed by atoms with Crippen LogP contribution in [0.1, 0.15) is 10.4 Å². The molecule has 156 valence electrons. The van der Waals surface area contributed by atoms with E-state index in [1.165, 1.54) is 17.4 Å². The first-order valence-corrected chi connectivity index (χ1v) is 12.3. The lowest BCUT2D eigenvalue weighted by Crippen LogP contribution is -2.50. The van der Waals surface area contributed by atoms with Crippen molar-refractivity contribution in [3.8, 4) is 0 Å². The van der Waals surface area contributed by atoms with Crippen molar-refractivity contribution in [2.75, 3.05) is 43.8 Å². The molecule has 1 heterocycles. The summed E-state index contributed by atoms with van der Waals surface area (Å²) in [6.45, 7) is 0.923. The van der Waals surface area contributed by atoms with Gasteiger partial charge in [-0.05, 0) is 30.3 Å². The Morgan fingerprint density at radius 1 is 0.897 bits per heavy atom. The van der Waals surface area contributed by atoms with E-state index in [-0.39, 0.29) is 37.0 Å². The monoisotopic (exact) mass is 437 g/mol. The SMILES string of the molecule is CN(c1cccc(C(=O)N2CCN(S(=O)(=O)c3ccccc3)CC2)c1)S(C)(=O)=O. The van der Waals surface area contributed by atoms with Crippen molar-refractivity contribution in [2.45, 2.75) is 4.90 Å². The Bertz CT molecular complexity index is 1090. The predicted octanol–water partition coefficient (Wildman–Crippen LogP) is 1.23. The minimum atomic E-state index is -3.59. The Kier molecular flexibility index (Phi) is 5.97. The molecule has 1 aliphatic heterocycles. The van der Waals surface area contributed by atoms with E-state index in [4.69, 9.17) is 0 Å². The van der Waals surface area contributed by atoms with Gasteiger partial charge < -0.3 is 4.90 Å². The van der Waals surface area contributed by atoms with Gasteiger partial charge in [0.1, 0.15) is 0 Å². The highest BCUT2D eigenvalue weighted by molar-refractivity contribution is 7.92. The van der Waals surface area contributed by atoms with E-state index in [0.717, 1.165) is 10.6 Å². The van der Waals surface area contributed by atoms with Gasteiger partial charge in [0.2, 0.25) is 20.0 Å². The molecule has 1 saturated heterocycles. The number of nitrogens with zero attached hydrogens (tertiary/aromatic N) is 3. The number of sulfonamides is 2. The second-order valence-electron chi connectivity index (χ2n) is 6.79. The van der Waals surface area contributed by atoms with Crippen LogP contribution in [0.2, 0.25) is 0 Å². The number of hydrogen-bond acceptors (Lipinski definition) is 5. The Hall–Kier alpha value is -2.43. The molecule has 0 spiro atoms. The van der Waals surface area contributed by atoms with Crippen molar-refractivity contribution in [1.29, 1.82) is 0 Å². The first-order chi connectivity index (χ1) is 13.6. The third kappa shape index (κ3) is 4.60. The Morgan fingerprint density at radius 3 is 2.10 bits per heavy atom. The minimum absolute atomic E-state index is 0.200. The number of hydrogen-bond donors (Lipinski definition) is 0. The van der Waals surface area contributed by atoms with E-state index in [9.17, 15) is 21.6 Å². The number of carbonyl (C=O) groups is 1. The van der Waals surface area contributed by atoms with Gasteiger partial charge in [-0.2, -0.15) is 4.31 Å². The van der Waals surface area contributed by atoms with Gasteiger partial charge in [0.05, 0.1) is 16.8 Å². The summed E-state index contributed by atoms with van der Waals surface area (Å²) < 4.78 is 51.4. The van der Waals surface area contributed by atoms with Gasteiger partial charge in [0, 0.05) is 38.8 Å². The molecule has 0 radical (unpaired) electrons. The molecule has 1 amide bonds. The highest BCUT2D eigenvalue weighted by atomic mass is 32.2. The highest BCUT2D eigenvalue weighted by Crippen LogP contribution is 2.21. The van der Waals surface area contributed by atoms with Crippen LogP contribution in [0.5, 0.6) is 0 Å². The minimum Gasteiger partial charge on any atom is -0.336 e. The van der Waals surface area contributed by atoms with Crippen molar-refractivity contribution in [2.24, 2.45) is 0 Å². The largest absolute Gasteiger partial charge is 0.336 e. The number of benzene rings is 2. The molecule has 2 aromatic carbocycles. The summed E-state index contributed by atoms with van der Waals surface area (Å²) in [5, 5.41) is 0. The molecule has 0 unspecified atom stereocenters. The van der Waals surface area contributed by atoms with Crippen LogP contribution >= 0.6 is 0 Å². The fourth-order valence-electron chi connectivity index (χ4n) is 3.08. The molecule has 8 nitrogen and oxygen atoms in total. The van der Waals surface area contributed by atoms with Crippen LogP contribution in [0.15, 0.2) is 59.5 Å². The zero-order valence-electron chi connectivity index (χ0n) is 16.2. The molecule has 0 aliphatic carbocycles. The van der Waals surface area contributed by atoms with Crippen molar-refractivity contribution >= 4 is 31.6 Å². The van der Waals surface area contributed by atoms with Crippen molar-refractivity contribution in [3.63, 3.8) is 0 Å². The zero-order chi connectivity index (χ0) is 21.2. The molecule has 1 aliphatic rings. The molecule has 29 heavy (non-hydrogen) atoms. The molecule has 10 heteroatoms. The number of amides is 1. The number of carbonyl (C=O) groups excluding carboxylic acids is 1. The lowest BCUT2D eigenvalue weighted by molar-refractivity contribution is 0.0698. The maximum Gasteiger partial charge on any atom is 0.254 e. The topological polar surface area (TPSA) is 95.1 Å². The second-order valence-corrected chi connectivity index (χ2v) is 10.7. The summed E-state index contributed by atoms with van der Waals surface area (Å²) in [5.41, 5.74) is 0.751. The van der Waals surface area contributed by atoms with Crippen LogP contribution in [0.25, 0.3) is 0 Å². The quantitative estimate of drug-likeness (QED) is 0.701. The van der Waals surface area contributed by atoms with E-state index < -0.39 is 20.0 Å². The highest BCUT2D eigenvalue weighted by Gasteiger charge is 2.30. The van der Waals surface area contributed by atoms with Crippen LogP contribution in [0, 0.1) is 0 Å². The summed E-state index contributed by atoms with van der Waals surface area (Å²) in [6.07, 6.45) is 1.09. The van der Waals surface area contributed by atoms with Gasteiger partial charge in [0.25, 0.3) is 5.91 Å². The molecular weight excluding hydrogens is 414 g/mol. The maximum atomic E-state index is 12.8. The first kappa shape index (κ1) is 21.3. The second kappa shape index (κ2) is 8.13. The molecule has 3 rings (SSSR count). The molecule has 2 aromatic rings. The summed E-state index contributed by atoms with van der Waals surface area (Å²) in [6, 6.07) is 14.6. The Labute approximate surface area is 171 Å². The zero-order valence-corrected chi connectivity index (χ0v) is 17.9. The fourth-order valence-corrected chi connectivity index (χ4v) is 5.02. The molecule has 1 fully saturated rings. The standard InChI is InChI=1S/C19H23N3O5S2/c1-20(28(2,24)25)17-8-6-7-16(15-17)19(23)21-11-13-22(14-12-21)29(26,27)18-9-4-3-5-10-18/h3-10,15H,11-14H2,1-2H3. The van der Waals surface area contributed by atoms with E-state index in [1.807, 2.05) is 0 Å². The number of anilines is 1. The molecule has 0 N–H and O–H groups in total. The van der Waals surface area contributed by atoms with Crippen molar-refractivity contribution < 1.29 is 21.6 Å². The Morgan fingerprint density at radius 2 is 1.52 bits per heavy atom. The van der Waals surface area contributed by atoms with Gasteiger partial charge >= 0.3 is 0 Å². The van der Waals surface area contributed by atoms with Gasteiger partial charge in [-0.15, -0.1) is 0 Å². The van der Waals surface area contributed by atoms with E-state index >= 15 is 0 Å². The van der Waals surface area contributed by atoms with Crippen LogP contribution in [0.3, 0.4) is 0 Å². The van der Waals surface area contributed by atoms with Crippen LogP contribution < -0.4 is 4.31 Å². The van der Waals surface area contributed by atoms with E-state index in [2.05, 4.69) is 0 Å². The third-order valence-corrected chi connectivity index (χ3v) is 7.98. The van der Waals surface area contributed by atoms with Crippen molar-refractivity contribution in [1.82, 2.24) is 9.21 Å². The molecule has 0 atom stereocenters. The molecular formula is C19H23N3O5S2. The summed E-state index contributed by atoms with van der Waals surface area (Å²) in [5.74, 6) is -0.259. The van der Waals surface area contributed by atoms with E-state index in [1.54, 1.807) is 53.4 Å². The summed E-state index contributed by atoms with van der Waals surface area (Å²) in [4.78, 5) is 14.7. The molecule has 0 saturated carbocycles. The predicted molar refractivity (Wildman–Crippen MR) is 111 cm³/mol. The lowest BCUT2D eigenvalue weighted by atomic mass is 10.1. The molecule has 0 bridgehead atoms. The van der Waals surface area contributed by atoms with E-state index in [0.29, 0.717) is 11.3 Å². The van der Waals surface area contributed by atoms with Gasteiger partial charge in [0.15, 0.2) is 0 Å². The fraction of sp³-hybridized carbons (Fsp3) is 0.316. The van der Waals surface area contributed by atoms with Crippen LogP contribution in [-0.4, -0.2) is 71.4 Å². The maximum absolute atomic E-state index is 12.8. The number of piperazine rings is 1. The Balaban J connectivity index is 1.71. The van der Waals surface area contributed by atoms with Crippen molar-refractivity contribution in [3.05, 3.63) is 60.2 Å². The van der Waals surface area contributed by atoms with Gasteiger partial charge in [-0.3, -0.25) is 9.10 Å². The average Bonchev–Trinajstić information content (AvgIpc) is 2.73. The third-order valence-electron chi connectivity index (χ3n) is 4.86. The van der Waals surface area contributed by atoms with Crippen LogP contribution in [0.4, 0.5) is 5.69 Å². The van der Waals surface area contributed by atoms with Gasteiger partial charge in [-0.1, -0.05) is 24.3 Å². The van der Waals surface area contributed by atoms with Crippen LogP contribution in [-0.2, 0) is 20.0 Å². The summed E-state index contributed by atoms with van der Waals surface area (Å²) >= 11 is 0. The first-order valence-electron chi connectivity index (χ1n) is 8.99. The lowest BCUT2D eigenvalue weighted by Gasteiger charge is -2.34. The van der Waals surface area contributed by atoms with Gasteiger partial charge in [-0.25, -0.2) is 16.8 Å². The normalized spacial score (nSPS) is 15.9. The number of rotatable bonds is 5. The molecule has 0 aromatic heterocycles. The average molecular weight is 438 g/mol. The smallest absolute Gasteiger partial charge is 0.254 e. The summed E-state index contributed by atoms with van der Waals surface area (Å²) in [7, 11) is -5.60.